The Kier molecular flexibility index (Phi) is 3.05. The fourth-order valence-corrected chi connectivity index (χ4v) is 2.94. The van der Waals surface area contributed by atoms with E-state index in [1.807, 2.05) is 0 Å². The molecule has 0 spiro atoms. The van der Waals surface area contributed by atoms with Crippen molar-refractivity contribution in [3.05, 3.63) is 0 Å². The van der Waals surface area contributed by atoms with Crippen LogP contribution in [0.2, 0.25) is 0 Å². The van der Waals surface area contributed by atoms with Gasteiger partial charge in [0.2, 0.25) is 0 Å². The molecule has 2 saturated heterocycles. The summed E-state index contributed by atoms with van der Waals surface area (Å²) in [6, 6.07) is 3.52. The maximum Gasteiger partial charge on any atom is 0.0638 e. The quantitative estimate of drug-likeness (QED) is 0.726. The molecule has 3 heteroatoms. The van der Waals surface area contributed by atoms with Crippen LogP contribution in [0, 0.1) is 17.2 Å². The SMILES string of the molecule is CCC(CC#N)N1CC[C@@H]2CNC[C@@H]21. The van der Waals surface area contributed by atoms with Crippen molar-refractivity contribution in [2.75, 3.05) is 19.6 Å². The van der Waals surface area contributed by atoms with Crippen molar-refractivity contribution in [2.24, 2.45) is 5.92 Å². The van der Waals surface area contributed by atoms with Gasteiger partial charge in [0.15, 0.2) is 0 Å². The minimum atomic E-state index is 0.495. The van der Waals surface area contributed by atoms with Gasteiger partial charge < -0.3 is 5.32 Å². The third-order valence-electron chi connectivity index (χ3n) is 3.76. The number of fused-ring (bicyclic) bond motifs is 1. The molecule has 3 atom stereocenters. The number of rotatable bonds is 3. The Morgan fingerprint density at radius 3 is 3.14 bits per heavy atom. The van der Waals surface area contributed by atoms with Crippen LogP contribution < -0.4 is 5.32 Å². The third-order valence-corrected chi connectivity index (χ3v) is 3.76. The zero-order valence-corrected chi connectivity index (χ0v) is 8.87. The summed E-state index contributed by atoms with van der Waals surface area (Å²) in [7, 11) is 0. The zero-order valence-electron chi connectivity index (χ0n) is 8.87. The highest BCUT2D eigenvalue weighted by Gasteiger charge is 2.39. The van der Waals surface area contributed by atoms with E-state index in [2.05, 4.69) is 23.2 Å². The lowest BCUT2D eigenvalue weighted by Gasteiger charge is -2.30. The highest BCUT2D eigenvalue weighted by molar-refractivity contribution is 4.98. The molecule has 0 radical (unpaired) electrons. The molecule has 1 unspecified atom stereocenters. The van der Waals surface area contributed by atoms with E-state index in [1.54, 1.807) is 0 Å². The molecule has 0 aliphatic carbocycles. The molecule has 0 aromatic rings. The second-order valence-corrected chi connectivity index (χ2v) is 4.44. The first-order chi connectivity index (χ1) is 6.86. The van der Waals surface area contributed by atoms with Crippen molar-refractivity contribution in [3.8, 4) is 6.07 Å². The van der Waals surface area contributed by atoms with Gasteiger partial charge in [0.25, 0.3) is 0 Å². The van der Waals surface area contributed by atoms with E-state index in [0.717, 1.165) is 18.9 Å². The Hall–Kier alpha value is -0.590. The normalized spacial score (nSPS) is 34.0. The van der Waals surface area contributed by atoms with Gasteiger partial charge >= 0.3 is 0 Å². The van der Waals surface area contributed by atoms with E-state index >= 15 is 0 Å². The molecule has 2 aliphatic rings. The Morgan fingerprint density at radius 1 is 1.57 bits per heavy atom. The molecular weight excluding hydrogens is 174 g/mol. The lowest BCUT2D eigenvalue weighted by Crippen LogP contribution is -2.41. The second kappa shape index (κ2) is 4.29. The van der Waals surface area contributed by atoms with Crippen LogP contribution in [-0.2, 0) is 0 Å². The molecule has 0 saturated carbocycles. The van der Waals surface area contributed by atoms with E-state index in [4.69, 9.17) is 5.26 Å². The van der Waals surface area contributed by atoms with Gasteiger partial charge in [-0.2, -0.15) is 5.26 Å². The van der Waals surface area contributed by atoms with Crippen LogP contribution in [0.15, 0.2) is 0 Å². The predicted octanol–water partition coefficient (Wildman–Crippen LogP) is 0.972. The summed E-state index contributed by atoms with van der Waals surface area (Å²) >= 11 is 0. The molecule has 2 aliphatic heterocycles. The lowest BCUT2D eigenvalue weighted by molar-refractivity contribution is 0.176. The average molecular weight is 193 g/mol. The summed E-state index contributed by atoms with van der Waals surface area (Å²) in [5.41, 5.74) is 0. The first-order valence-electron chi connectivity index (χ1n) is 5.70. The molecule has 2 rings (SSSR count). The van der Waals surface area contributed by atoms with Gasteiger partial charge in [-0.05, 0) is 31.8 Å². The highest BCUT2D eigenvalue weighted by atomic mass is 15.2. The number of nitrogens with one attached hydrogen (secondary N) is 1. The highest BCUT2D eigenvalue weighted by Crippen LogP contribution is 2.30. The average Bonchev–Trinajstić information content (AvgIpc) is 2.75. The molecule has 0 bridgehead atoms. The number of likely N-dealkylation sites (tertiary alicyclic amines) is 1. The van der Waals surface area contributed by atoms with E-state index in [0.29, 0.717) is 18.5 Å². The fraction of sp³-hybridized carbons (Fsp3) is 0.909. The van der Waals surface area contributed by atoms with Crippen molar-refractivity contribution in [1.29, 1.82) is 5.26 Å². The van der Waals surface area contributed by atoms with Crippen LogP contribution in [0.3, 0.4) is 0 Å². The Balaban J connectivity index is 1.99. The molecule has 14 heavy (non-hydrogen) atoms. The van der Waals surface area contributed by atoms with E-state index < -0.39 is 0 Å². The summed E-state index contributed by atoms with van der Waals surface area (Å²) in [6.07, 6.45) is 3.12. The molecule has 0 aromatic carbocycles. The van der Waals surface area contributed by atoms with Crippen molar-refractivity contribution >= 4 is 0 Å². The first kappa shape index (κ1) is 9.95. The largest absolute Gasteiger partial charge is 0.315 e. The summed E-state index contributed by atoms with van der Waals surface area (Å²) in [5.74, 6) is 0.850. The standard InChI is InChI=1S/C11H19N3/c1-2-10(3-5-12)14-6-4-9-7-13-8-11(9)14/h9-11,13H,2-4,6-8H2,1H3/t9-,10?,11+/m1/s1. The van der Waals surface area contributed by atoms with Gasteiger partial charge in [-0.15, -0.1) is 0 Å². The van der Waals surface area contributed by atoms with E-state index in [9.17, 15) is 0 Å². The van der Waals surface area contributed by atoms with Crippen LogP contribution in [0.4, 0.5) is 0 Å². The van der Waals surface area contributed by atoms with Crippen molar-refractivity contribution < 1.29 is 0 Å². The topological polar surface area (TPSA) is 39.1 Å². The molecule has 0 aromatic heterocycles. The number of hydrogen-bond acceptors (Lipinski definition) is 3. The van der Waals surface area contributed by atoms with Crippen LogP contribution >= 0.6 is 0 Å². The second-order valence-electron chi connectivity index (χ2n) is 4.44. The molecule has 3 nitrogen and oxygen atoms in total. The molecule has 1 N–H and O–H groups in total. The molecule has 78 valence electrons. The van der Waals surface area contributed by atoms with E-state index in [1.165, 1.54) is 19.5 Å². The molecule has 2 heterocycles. The van der Waals surface area contributed by atoms with Gasteiger partial charge in [-0.3, -0.25) is 4.90 Å². The van der Waals surface area contributed by atoms with Crippen molar-refractivity contribution in [3.63, 3.8) is 0 Å². The van der Waals surface area contributed by atoms with Crippen LogP contribution in [0.25, 0.3) is 0 Å². The minimum absolute atomic E-state index is 0.495. The lowest BCUT2D eigenvalue weighted by atomic mass is 10.0. The van der Waals surface area contributed by atoms with Crippen molar-refractivity contribution in [2.45, 2.75) is 38.3 Å². The molecular formula is C11H19N3. The van der Waals surface area contributed by atoms with Gasteiger partial charge in [-0.1, -0.05) is 6.92 Å². The fourth-order valence-electron chi connectivity index (χ4n) is 2.94. The molecule has 2 fully saturated rings. The van der Waals surface area contributed by atoms with Crippen LogP contribution in [0.5, 0.6) is 0 Å². The Bertz CT molecular complexity index is 233. The monoisotopic (exact) mass is 193 g/mol. The first-order valence-corrected chi connectivity index (χ1v) is 5.70. The number of nitrogens with zero attached hydrogens (tertiary/aromatic N) is 2. The van der Waals surface area contributed by atoms with Crippen LogP contribution in [0.1, 0.15) is 26.2 Å². The summed E-state index contributed by atoms with van der Waals surface area (Å²) in [5, 5.41) is 12.2. The smallest absolute Gasteiger partial charge is 0.0638 e. The van der Waals surface area contributed by atoms with Gasteiger partial charge in [-0.25, -0.2) is 0 Å². The van der Waals surface area contributed by atoms with Crippen LogP contribution in [-0.4, -0.2) is 36.6 Å². The summed E-state index contributed by atoms with van der Waals surface area (Å²) in [4.78, 5) is 2.56. The predicted molar refractivity (Wildman–Crippen MR) is 55.8 cm³/mol. The van der Waals surface area contributed by atoms with Gasteiger partial charge in [0.1, 0.15) is 0 Å². The maximum atomic E-state index is 8.78. The number of nitriles is 1. The van der Waals surface area contributed by atoms with Crippen molar-refractivity contribution in [1.82, 2.24) is 10.2 Å². The maximum absolute atomic E-state index is 8.78. The summed E-state index contributed by atoms with van der Waals surface area (Å²) in [6.45, 7) is 5.71. The minimum Gasteiger partial charge on any atom is -0.315 e. The van der Waals surface area contributed by atoms with Gasteiger partial charge in [0, 0.05) is 18.6 Å². The Morgan fingerprint density at radius 2 is 2.43 bits per heavy atom. The molecule has 0 amide bonds. The zero-order chi connectivity index (χ0) is 9.97. The third kappa shape index (κ3) is 1.65. The summed E-state index contributed by atoms with van der Waals surface area (Å²) < 4.78 is 0. The van der Waals surface area contributed by atoms with E-state index in [-0.39, 0.29) is 0 Å². The van der Waals surface area contributed by atoms with Gasteiger partial charge in [0.05, 0.1) is 12.5 Å². The Labute approximate surface area is 86.1 Å². The number of hydrogen-bond donors (Lipinski definition) is 1.